The van der Waals surface area contributed by atoms with Gasteiger partial charge in [0.15, 0.2) is 11.2 Å². The Labute approximate surface area is 113 Å². The van der Waals surface area contributed by atoms with Gasteiger partial charge in [0.2, 0.25) is 5.91 Å². The molecule has 1 aliphatic heterocycles. The van der Waals surface area contributed by atoms with Crippen LogP contribution in [0.2, 0.25) is 0 Å². The minimum absolute atomic E-state index is 0.0650. The van der Waals surface area contributed by atoms with Crippen molar-refractivity contribution in [3.63, 3.8) is 0 Å². The second-order valence-corrected chi connectivity index (χ2v) is 4.72. The van der Waals surface area contributed by atoms with Gasteiger partial charge < -0.3 is 15.2 Å². The third-order valence-corrected chi connectivity index (χ3v) is 3.58. The zero-order valence-corrected chi connectivity index (χ0v) is 11.0. The van der Waals surface area contributed by atoms with Crippen LogP contribution in [0.3, 0.4) is 0 Å². The summed E-state index contributed by atoms with van der Waals surface area (Å²) >= 11 is 0. The first-order valence-electron chi connectivity index (χ1n) is 6.33. The molecule has 0 spiro atoms. The monoisotopic (exact) mass is 291 g/mol. The lowest BCUT2D eigenvalue weighted by molar-refractivity contribution is -0.216. The van der Waals surface area contributed by atoms with Crippen molar-refractivity contribution in [2.24, 2.45) is 5.41 Å². The predicted octanol–water partition coefficient (Wildman–Crippen LogP) is 0.456. The summed E-state index contributed by atoms with van der Waals surface area (Å²) in [4.78, 5) is 12.0. The molecule has 20 heavy (non-hydrogen) atoms. The molecule has 1 fully saturated rings. The molecular formula is C11H16F3N5O. The maximum atomic E-state index is 13.1. The van der Waals surface area contributed by atoms with Crippen molar-refractivity contribution in [1.82, 2.24) is 25.4 Å². The predicted molar refractivity (Wildman–Crippen MR) is 63.5 cm³/mol. The van der Waals surface area contributed by atoms with Gasteiger partial charge in [-0.2, -0.15) is 13.2 Å². The van der Waals surface area contributed by atoms with E-state index in [1.165, 1.54) is 6.33 Å². The van der Waals surface area contributed by atoms with Crippen molar-refractivity contribution in [2.75, 3.05) is 13.1 Å². The molecule has 0 aromatic carbocycles. The van der Waals surface area contributed by atoms with E-state index in [0.717, 1.165) is 0 Å². The van der Waals surface area contributed by atoms with Crippen molar-refractivity contribution in [3.8, 4) is 0 Å². The zero-order valence-electron chi connectivity index (χ0n) is 11.0. The van der Waals surface area contributed by atoms with E-state index in [2.05, 4.69) is 20.8 Å². The molecule has 1 aromatic heterocycles. The Morgan fingerprint density at radius 1 is 1.60 bits per heavy atom. The standard InChI is InChI=1S/C11H16F3N5O/c1-2-19-7-17-18-8(19)5-16-9(20)10(11(12,13)14)3-4-15-6-10/h7,15H,2-6H2,1H3,(H,16,20). The molecule has 2 N–H and O–H groups in total. The highest BCUT2D eigenvalue weighted by atomic mass is 19.4. The van der Waals surface area contributed by atoms with Gasteiger partial charge in [0.05, 0.1) is 6.54 Å². The summed E-state index contributed by atoms with van der Waals surface area (Å²) < 4.78 is 41.1. The highest BCUT2D eigenvalue weighted by Gasteiger charge is 2.61. The number of hydrogen-bond donors (Lipinski definition) is 2. The van der Waals surface area contributed by atoms with E-state index in [4.69, 9.17) is 0 Å². The van der Waals surface area contributed by atoms with Crippen LogP contribution in [0.15, 0.2) is 6.33 Å². The Morgan fingerprint density at radius 3 is 2.90 bits per heavy atom. The SMILES string of the molecule is CCn1cnnc1CNC(=O)C1(C(F)(F)F)CCNC1. The summed E-state index contributed by atoms with van der Waals surface area (Å²) in [6.45, 7) is 2.17. The Morgan fingerprint density at radius 2 is 2.35 bits per heavy atom. The van der Waals surface area contributed by atoms with Gasteiger partial charge in [-0.1, -0.05) is 0 Å². The van der Waals surface area contributed by atoms with Crippen LogP contribution in [0, 0.1) is 5.41 Å². The molecule has 1 amide bonds. The van der Waals surface area contributed by atoms with E-state index in [0.29, 0.717) is 12.4 Å². The lowest BCUT2D eigenvalue weighted by atomic mass is 9.85. The van der Waals surface area contributed by atoms with Crippen LogP contribution in [0.1, 0.15) is 19.2 Å². The topological polar surface area (TPSA) is 71.8 Å². The Bertz CT molecular complexity index is 479. The van der Waals surface area contributed by atoms with Crippen molar-refractivity contribution >= 4 is 5.91 Å². The van der Waals surface area contributed by atoms with Gasteiger partial charge in [-0.3, -0.25) is 4.79 Å². The summed E-state index contributed by atoms with van der Waals surface area (Å²) in [5.41, 5.74) is -2.34. The number of halogens is 3. The molecule has 0 saturated carbocycles. The molecule has 0 radical (unpaired) electrons. The third-order valence-electron chi connectivity index (χ3n) is 3.58. The summed E-state index contributed by atoms with van der Waals surface area (Å²) in [6, 6.07) is 0. The maximum Gasteiger partial charge on any atom is 0.404 e. The normalized spacial score (nSPS) is 23.0. The molecule has 1 aromatic rings. The lowest BCUT2D eigenvalue weighted by Gasteiger charge is -2.29. The fourth-order valence-corrected chi connectivity index (χ4v) is 2.26. The van der Waals surface area contributed by atoms with Gasteiger partial charge >= 0.3 is 6.18 Å². The number of hydrogen-bond acceptors (Lipinski definition) is 4. The average molecular weight is 291 g/mol. The van der Waals surface area contributed by atoms with Gasteiger partial charge in [0.1, 0.15) is 6.33 Å². The number of amides is 1. The van der Waals surface area contributed by atoms with Crippen molar-refractivity contribution in [1.29, 1.82) is 0 Å². The second-order valence-electron chi connectivity index (χ2n) is 4.72. The van der Waals surface area contributed by atoms with Crippen molar-refractivity contribution in [2.45, 2.75) is 32.6 Å². The fourth-order valence-electron chi connectivity index (χ4n) is 2.26. The van der Waals surface area contributed by atoms with Crippen LogP contribution in [0.4, 0.5) is 13.2 Å². The molecule has 2 rings (SSSR count). The van der Waals surface area contributed by atoms with E-state index < -0.39 is 17.5 Å². The zero-order chi connectivity index (χ0) is 14.8. The maximum absolute atomic E-state index is 13.1. The Balaban J connectivity index is 2.07. The highest BCUT2D eigenvalue weighted by Crippen LogP contribution is 2.43. The lowest BCUT2D eigenvalue weighted by Crippen LogP contribution is -2.52. The second kappa shape index (κ2) is 5.39. The molecule has 0 aliphatic carbocycles. The van der Waals surface area contributed by atoms with E-state index in [1.807, 2.05) is 6.92 Å². The fraction of sp³-hybridized carbons (Fsp3) is 0.727. The molecular weight excluding hydrogens is 275 g/mol. The summed E-state index contributed by atoms with van der Waals surface area (Å²) in [5, 5.41) is 12.4. The highest BCUT2D eigenvalue weighted by molar-refractivity contribution is 5.84. The van der Waals surface area contributed by atoms with Crippen LogP contribution in [0.5, 0.6) is 0 Å². The molecule has 0 bridgehead atoms. The number of aryl methyl sites for hydroxylation is 1. The number of carbonyl (C=O) groups is 1. The van der Waals surface area contributed by atoms with Crippen LogP contribution in [-0.4, -0.2) is 39.9 Å². The molecule has 112 valence electrons. The van der Waals surface area contributed by atoms with E-state index in [9.17, 15) is 18.0 Å². The van der Waals surface area contributed by atoms with Crippen LogP contribution < -0.4 is 10.6 Å². The average Bonchev–Trinajstić information content (AvgIpc) is 3.04. The number of nitrogens with one attached hydrogen (secondary N) is 2. The Hall–Kier alpha value is -1.64. The molecule has 1 aliphatic rings. The number of rotatable bonds is 4. The molecule has 6 nitrogen and oxygen atoms in total. The van der Waals surface area contributed by atoms with Gasteiger partial charge in [-0.15, -0.1) is 10.2 Å². The van der Waals surface area contributed by atoms with E-state index >= 15 is 0 Å². The van der Waals surface area contributed by atoms with Crippen LogP contribution >= 0.6 is 0 Å². The van der Waals surface area contributed by atoms with Crippen molar-refractivity contribution < 1.29 is 18.0 Å². The molecule has 1 atom stereocenters. The molecule has 9 heteroatoms. The number of aromatic nitrogens is 3. The van der Waals surface area contributed by atoms with Gasteiger partial charge in [0.25, 0.3) is 0 Å². The summed E-state index contributed by atoms with van der Waals surface area (Å²) in [7, 11) is 0. The first kappa shape index (κ1) is 14.8. The number of carbonyl (C=O) groups excluding carboxylic acids is 1. The van der Waals surface area contributed by atoms with E-state index in [-0.39, 0.29) is 26.1 Å². The quantitative estimate of drug-likeness (QED) is 0.845. The number of alkyl halides is 3. The minimum Gasteiger partial charge on any atom is -0.348 e. The third kappa shape index (κ3) is 2.49. The van der Waals surface area contributed by atoms with Crippen LogP contribution in [0.25, 0.3) is 0 Å². The van der Waals surface area contributed by atoms with Crippen molar-refractivity contribution in [3.05, 3.63) is 12.2 Å². The van der Waals surface area contributed by atoms with Crippen LogP contribution in [-0.2, 0) is 17.9 Å². The minimum atomic E-state index is -4.57. The smallest absolute Gasteiger partial charge is 0.348 e. The van der Waals surface area contributed by atoms with Gasteiger partial charge in [-0.25, -0.2) is 0 Å². The molecule has 1 unspecified atom stereocenters. The summed E-state index contributed by atoms with van der Waals surface area (Å²) in [6.07, 6.45) is -3.35. The molecule has 1 saturated heterocycles. The number of nitrogens with zero attached hydrogens (tertiary/aromatic N) is 3. The first-order chi connectivity index (χ1) is 9.40. The van der Waals surface area contributed by atoms with Gasteiger partial charge in [-0.05, 0) is 19.9 Å². The van der Waals surface area contributed by atoms with E-state index in [1.54, 1.807) is 4.57 Å². The first-order valence-corrected chi connectivity index (χ1v) is 6.33. The summed E-state index contributed by atoms with van der Waals surface area (Å²) in [5.74, 6) is -0.579. The largest absolute Gasteiger partial charge is 0.404 e. The van der Waals surface area contributed by atoms with Gasteiger partial charge in [0, 0.05) is 13.1 Å². The molecule has 2 heterocycles. The Kier molecular flexibility index (Phi) is 3.98.